The Morgan fingerprint density at radius 1 is 1.05 bits per heavy atom. The lowest BCUT2D eigenvalue weighted by Crippen LogP contribution is -2.39. The molecule has 0 atom stereocenters. The highest BCUT2D eigenvalue weighted by Crippen LogP contribution is 2.13. The molecule has 0 fully saturated rings. The van der Waals surface area contributed by atoms with Crippen LogP contribution in [0.4, 0.5) is 4.79 Å². The summed E-state index contributed by atoms with van der Waals surface area (Å²) in [5.74, 6) is 0. The van der Waals surface area contributed by atoms with Crippen molar-refractivity contribution in [3.05, 3.63) is 48.3 Å². The number of aromatic nitrogens is 2. The molecule has 5 heteroatoms. The van der Waals surface area contributed by atoms with Crippen molar-refractivity contribution in [1.82, 2.24) is 20.6 Å². The molecule has 0 aliphatic rings. The average molecular weight is 298 g/mol. The quantitative estimate of drug-likeness (QED) is 0.912. The van der Waals surface area contributed by atoms with Gasteiger partial charge in [-0.15, -0.1) is 0 Å². The van der Waals surface area contributed by atoms with Crippen LogP contribution in [0.25, 0.3) is 11.4 Å². The average Bonchev–Trinajstić information content (AvgIpc) is 2.51. The third-order valence-electron chi connectivity index (χ3n) is 2.98. The van der Waals surface area contributed by atoms with Gasteiger partial charge in [0.25, 0.3) is 0 Å². The monoisotopic (exact) mass is 298 g/mol. The van der Waals surface area contributed by atoms with Gasteiger partial charge in [0, 0.05) is 25.5 Å². The smallest absolute Gasteiger partial charge is 0.315 e. The van der Waals surface area contributed by atoms with Gasteiger partial charge in [0.2, 0.25) is 0 Å². The summed E-state index contributed by atoms with van der Waals surface area (Å²) < 4.78 is 0. The highest BCUT2D eigenvalue weighted by atomic mass is 16.2. The van der Waals surface area contributed by atoms with Gasteiger partial charge in [0.05, 0.1) is 11.4 Å². The van der Waals surface area contributed by atoms with Crippen LogP contribution >= 0.6 is 0 Å². The first-order chi connectivity index (χ1) is 10.4. The number of rotatable bonds is 4. The molecular weight excluding hydrogens is 276 g/mol. The molecule has 0 bridgehead atoms. The third kappa shape index (κ3) is 5.16. The summed E-state index contributed by atoms with van der Waals surface area (Å²) in [7, 11) is 0. The van der Waals surface area contributed by atoms with Gasteiger partial charge in [-0.3, -0.25) is 9.97 Å². The first kappa shape index (κ1) is 15.9. The molecule has 22 heavy (non-hydrogen) atoms. The van der Waals surface area contributed by atoms with Crippen molar-refractivity contribution in [2.75, 3.05) is 6.54 Å². The zero-order valence-corrected chi connectivity index (χ0v) is 13.3. The minimum absolute atomic E-state index is 0.0726. The van der Waals surface area contributed by atoms with Gasteiger partial charge < -0.3 is 10.6 Å². The Labute approximate surface area is 131 Å². The summed E-state index contributed by atoms with van der Waals surface area (Å²) in [5.41, 5.74) is 2.68. The van der Waals surface area contributed by atoms with Crippen molar-refractivity contribution in [1.29, 1.82) is 0 Å². The molecule has 0 unspecified atom stereocenters. The Morgan fingerprint density at radius 3 is 2.41 bits per heavy atom. The second-order valence-electron chi connectivity index (χ2n) is 6.36. The maximum absolute atomic E-state index is 11.7. The van der Waals surface area contributed by atoms with E-state index in [-0.39, 0.29) is 11.4 Å². The lowest BCUT2D eigenvalue weighted by atomic mass is 9.97. The van der Waals surface area contributed by atoms with Crippen LogP contribution in [-0.4, -0.2) is 22.5 Å². The second kappa shape index (κ2) is 7.02. The number of carbonyl (C=O) groups excluding carboxylic acids is 1. The van der Waals surface area contributed by atoms with Crippen LogP contribution in [0.15, 0.2) is 42.7 Å². The second-order valence-corrected chi connectivity index (χ2v) is 6.36. The van der Waals surface area contributed by atoms with Crippen LogP contribution < -0.4 is 10.6 Å². The number of nitrogens with zero attached hydrogens (tertiary/aromatic N) is 2. The SMILES string of the molecule is CC(C)(C)CNC(=O)NCc1ccc(-c2ccccn2)nc1. The largest absolute Gasteiger partial charge is 0.338 e. The Bertz CT molecular complexity index is 603. The van der Waals surface area contributed by atoms with E-state index in [9.17, 15) is 4.79 Å². The minimum Gasteiger partial charge on any atom is -0.338 e. The molecule has 2 heterocycles. The van der Waals surface area contributed by atoms with Gasteiger partial charge in [-0.25, -0.2) is 4.79 Å². The van der Waals surface area contributed by atoms with Crippen molar-refractivity contribution in [3.63, 3.8) is 0 Å². The molecule has 2 amide bonds. The minimum atomic E-state index is -0.163. The topological polar surface area (TPSA) is 66.9 Å². The first-order valence-electron chi connectivity index (χ1n) is 7.32. The van der Waals surface area contributed by atoms with Gasteiger partial charge in [0.15, 0.2) is 0 Å². The van der Waals surface area contributed by atoms with Crippen LogP contribution in [0.3, 0.4) is 0 Å². The summed E-state index contributed by atoms with van der Waals surface area (Å²) in [6, 6.07) is 9.41. The van der Waals surface area contributed by atoms with E-state index >= 15 is 0 Å². The van der Waals surface area contributed by atoms with Gasteiger partial charge in [0.1, 0.15) is 0 Å². The van der Waals surface area contributed by atoms with E-state index in [2.05, 4.69) is 41.4 Å². The molecule has 0 aliphatic carbocycles. The van der Waals surface area contributed by atoms with Crippen molar-refractivity contribution < 1.29 is 4.79 Å². The number of carbonyl (C=O) groups is 1. The molecule has 2 aromatic heterocycles. The zero-order valence-electron chi connectivity index (χ0n) is 13.3. The van der Waals surface area contributed by atoms with Crippen molar-refractivity contribution in [3.8, 4) is 11.4 Å². The molecule has 0 spiro atoms. The standard InChI is InChI=1S/C17H22N4O/c1-17(2,3)12-21-16(22)20-11-13-7-8-15(19-10-13)14-6-4-5-9-18-14/h4-10H,11-12H2,1-3H3,(H2,20,21,22). The van der Waals surface area contributed by atoms with E-state index in [4.69, 9.17) is 0 Å². The maximum Gasteiger partial charge on any atom is 0.315 e. The molecule has 2 rings (SSSR count). The molecule has 0 aliphatic heterocycles. The van der Waals surface area contributed by atoms with Crippen molar-refractivity contribution >= 4 is 6.03 Å². The fourth-order valence-electron chi connectivity index (χ4n) is 1.79. The maximum atomic E-state index is 11.7. The molecule has 0 saturated heterocycles. The predicted molar refractivity (Wildman–Crippen MR) is 87.2 cm³/mol. The summed E-state index contributed by atoms with van der Waals surface area (Å²) in [4.78, 5) is 20.3. The lowest BCUT2D eigenvalue weighted by Gasteiger charge is -2.18. The molecule has 0 aromatic carbocycles. The number of amides is 2. The van der Waals surface area contributed by atoms with Crippen LogP contribution in [0.2, 0.25) is 0 Å². The molecular formula is C17H22N4O. The highest BCUT2D eigenvalue weighted by molar-refractivity contribution is 5.73. The van der Waals surface area contributed by atoms with Gasteiger partial charge in [-0.2, -0.15) is 0 Å². The van der Waals surface area contributed by atoms with Crippen molar-refractivity contribution in [2.24, 2.45) is 5.41 Å². The third-order valence-corrected chi connectivity index (χ3v) is 2.98. The zero-order chi connectivity index (χ0) is 16.0. The molecule has 2 N–H and O–H groups in total. The van der Waals surface area contributed by atoms with Gasteiger partial charge in [-0.1, -0.05) is 32.9 Å². The van der Waals surface area contributed by atoms with E-state index in [0.29, 0.717) is 13.1 Å². The number of urea groups is 1. The van der Waals surface area contributed by atoms with E-state index in [1.54, 1.807) is 12.4 Å². The number of pyridine rings is 2. The van der Waals surface area contributed by atoms with E-state index in [0.717, 1.165) is 17.0 Å². The van der Waals surface area contributed by atoms with Crippen LogP contribution in [0.1, 0.15) is 26.3 Å². The van der Waals surface area contributed by atoms with Crippen LogP contribution in [0.5, 0.6) is 0 Å². The highest BCUT2D eigenvalue weighted by Gasteiger charge is 2.11. The Kier molecular flexibility index (Phi) is 5.09. The first-order valence-corrected chi connectivity index (χ1v) is 7.32. The fourth-order valence-corrected chi connectivity index (χ4v) is 1.79. The molecule has 0 radical (unpaired) electrons. The number of hydrogen-bond acceptors (Lipinski definition) is 3. The molecule has 5 nitrogen and oxygen atoms in total. The molecule has 116 valence electrons. The molecule has 0 saturated carbocycles. The summed E-state index contributed by atoms with van der Waals surface area (Å²) >= 11 is 0. The Morgan fingerprint density at radius 2 is 1.82 bits per heavy atom. The summed E-state index contributed by atoms with van der Waals surface area (Å²) in [6.45, 7) is 7.32. The van der Waals surface area contributed by atoms with Crippen LogP contribution in [0, 0.1) is 5.41 Å². The van der Waals surface area contributed by atoms with E-state index in [1.807, 2.05) is 30.3 Å². The summed E-state index contributed by atoms with van der Waals surface area (Å²) in [6.07, 6.45) is 3.50. The number of nitrogens with one attached hydrogen (secondary N) is 2. The Hall–Kier alpha value is -2.43. The predicted octanol–water partition coefficient (Wildman–Crippen LogP) is 2.99. The van der Waals surface area contributed by atoms with Crippen molar-refractivity contribution in [2.45, 2.75) is 27.3 Å². The Balaban J connectivity index is 1.86. The summed E-state index contributed by atoms with van der Waals surface area (Å²) in [5, 5.41) is 5.67. The van der Waals surface area contributed by atoms with E-state index in [1.165, 1.54) is 0 Å². The van der Waals surface area contributed by atoms with Gasteiger partial charge in [-0.05, 0) is 29.2 Å². The fraction of sp³-hybridized carbons (Fsp3) is 0.353. The lowest BCUT2D eigenvalue weighted by molar-refractivity contribution is 0.235. The van der Waals surface area contributed by atoms with Gasteiger partial charge >= 0.3 is 6.03 Å². The normalized spacial score (nSPS) is 11.0. The number of hydrogen-bond donors (Lipinski definition) is 2. The van der Waals surface area contributed by atoms with E-state index < -0.39 is 0 Å². The van der Waals surface area contributed by atoms with Crippen LogP contribution in [-0.2, 0) is 6.54 Å². The molecule has 2 aromatic rings.